The van der Waals surface area contributed by atoms with Crippen molar-refractivity contribution in [2.75, 3.05) is 16.8 Å². The lowest BCUT2D eigenvalue weighted by Gasteiger charge is -2.13. The van der Waals surface area contributed by atoms with Crippen LogP contribution in [0.1, 0.15) is 35.6 Å². The van der Waals surface area contributed by atoms with Crippen LogP contribution < -0.4 is 11.1 Å². The average molecular weight is 476 g/mol. The molecular formula is C25H22ClN5OS. The highest BCUT2D eigenvalue weighted by atomic mass is 35.5. The molecule has 0 atom stereocenters. The summed E-state index contributed by atoms with van der Waals surface area (Å²) in [6.07, 6.45) is 1.08. The van der Waals surface area contributed by atoms with Crippen molar-refractivity contribution in [3.05, 3.63) is 69.7 Å². The van der Waals surface area contributed by atoms with E-state index < -0.39 is 0 Å². The summed E-state index contributed by atoms with van der Waals surface area (Å²) in [7, 11) is 0. The van der Waals surface area contributed by atoms with Crippen LogP contribution in [0.25, 0.3) is 11.1 Å². The number of anilines is 2. The normalized spacial score (nSPS) is 10.3. The number of pyridine rings is 1. The van der Waals surface area contributed by atoms with E-state index in [0.717, 1.165) is 23.1 Å². The lowest BCUT2D eigenvalue weighted by Crippen LogP contribution is -2.12. The maximum atomic E-state index is 12.3. The Labute approximate surface area is 202 Å². The molecule has 33 heavy (non-hydrogen) atoms. The van der Waals surface area contributed by atoms with Gasteiger partial charge in [0.05, 0.1) is 5.56 Å². The number of hydrogen-bond donors (Lipinski definition) is 2. The van der Waals surface area contributed by atoms with Gasteiger partial charge in [0.1, 0.15) is 28.5 Å². The van der Waals surface area contributed by atoms with Crippen molar-refractivity contribution >= 4 is 40.8 Å². The fourth-order valence-corrected chi connectivity index (χ4v) is 4.35. The van der Waals surface area contributed by atoms with Gasteiger partial charge < -0.3 is 11.1 Å². The van der Waals surface area contributed by atoms with E-state index in [1.54, 1.807) is 12.1 Å². The summed E-state index contributed by atoms with van der Waals surface area (Å²) in [6, 6.07) is 17.3. The molecule has 1 amide bonds. The van der Waals surface area contributed by atoms with Crippen molar-refractivity contribution in [1.82, 2.24) is 4.98 Å². The van der Waals surface area contributed by atoms with Crippen molar-refractivity contribution < 1.29 is 4.79 Å². The number of nitrogens with zero attached hydrogens (tertiary/aromatic N) is 3. The van der Waals surface area contributed by atoms with Gasteiger partial charge >= 0.3 is 0 Å². The number of nitriles is 2. The third-order valence-electron chi connectivity index (χ3n) is 5.09. The van der Waals surface area contributed by atoms with Crippen LogP contribution in [0.2, 0.25) is 5.02 Å². The van der Waals surface area contributed by atoms with E-state index in [1.165, 1.54) is 11.8 Å². The van der Waals surface area contributed by atoms with E-state index in [4.69, 9.17) is 17.3 Å². The summed E-state index contributed by atoms with van der Waals surface area (Å²) in [4.78, 5) is 16.6. The van der Waals surface area contributed by atoms with E-state index in [0.29, 0.717) is 27.1 Å². The third-order valence-corrected chi connectivity index (χ3v) is 6.47. The van der Waals surface area contributed by atoms with Crippen molar-refractivity contribution in [2.45, 2.75) is 31.7 Å². The van der Waals surface area contributed by atoms with Crippen LogP contribution in [0.5, 0.6) is 0 Å². The van der Waals surface area contributed by atoms with Crippen molar-refractivity contribution in [1.29, 1.82) is 10.5 Å². The zero-order chi connectivity index (χ0) is 24.0. The first-order valence-corrected chi connectivity index (χ1v) is 11.7. The fraction of sp³-hybridized carbons (Fsp3) is 0.200. The second-order valence-corrected chi connectivity index (χ2v) is 8.80. The van der Waals surface area contributed by atoms with Gasteiger partial charge in [0.25, 0.3) is 0 Å². The number of carbonyl (C=O) groups is 1. The zero-order valence-electron chi connectivity index (χ0n) is 18.3. The van der Waals surface area contributed by atoms with E-state index in [9.17, 15) is 15.3 Å². The molecule has 0 saturated heterocycles. The Morgan fingerprint density at radius 1 is 1.15 bits per heavy atom. The fourth-order valence-electron chi connectivity index (χ4n) is 3.23. The number of nitrogens with two attached hydrogens (primary N) is 1. The minimum atomic E-state index is -0.182. The first-order valence-electron chi connectivity index (χ1n) is 10.3. The first-order chi connectivity index (χ1) is 15.9. The Morgan fingerprint density at radius 3 is 2.45 bits per heavy atom. The van der Waals surface area contributed by atoms with Gasteiger partial charge in [0, 0.05) is 28.4 Å². The summed E-state index contributed by atoms with van der Waals surface area (Å²) < 4.78 is 0. The number of nitrogen functional groups attached to an aromatic ring is 1. The molecule has 1 heterocycles. The molecule has 0 fully saturated rings. The summed E-state index contributed by atoms with van der Waals surface area (Å²) in [5.41, 5.74) is 10.4. The van der Waals surface area contributed by atoms with Gasteiger partial charge in [-0.05, 0) is 42.2 Å². The Bertz CT molecular complexity index is 1280. The molecule has 3 rings (SSSR count). The Hall–Kier alpha value is -3.52. The van der Waals surface area contributed by atoms with Crippen LogP contribution in [-0.2, 0) is 11.2 Å². The third kappa shape index (κ3) is 5.64. The van der Waals surface area contributed by atoms with Gasteiger partial charge in [-0.15, -0.1) is 11.8 Å². The molecule has 166 valence electrons. The Balaban J connectivity index is 1.81. The largest absolute Gasteiger partial charge is 0.383 e. The van der Waals surface area contributed by atoms with E-state index in [2.05, 4.69) is 29.4 Å². The number of hydrogen-bond acceptors (Lipinski definition) is 6. The predicted octanol–water partition coefficient (Wildman–Crippen LogP) is 5.72. The highest BCUT2D eigenvalue weighted by molar-refractivity contribution is 7.99. The molecule has 0 aliphatic carbocycles. The van der Waals surface area contributed by atoms with Gasteiger partial charge in [0.2, 0.25) is 5.91 Å². The van der Waals surface area contributed by atoms with Gasteiger partial charge in [-0.3, -0.25) is 4.79 Å². The molecule has 3 N–H and O–H groups in total. The lowest BCUT2D eigenvalue weighted by molar-refractivity contribution is -0.115. The van der Waals surface area contributed by atoms with Crippen LogP contribution in [0, 0.1) is 29.6 Å². The van der Waals surface area contributed by atoms with Crippen LogP contribution in [0.3, 0.4) is 0 Å². The number of aryl methyl sites for hydroxylation is 2. The smallest absolute Gasteiger partial charge is 0.225 e. The highest BCUT2D eigenvalue weighted by Crippen LogP contribution is 2.36. The second kappa shape index (κ2) is 10.9. The second-order valence-electron chi connectivity index (χ2n) is 7.31. The first kappa shape index (κ1) is 24.1. The highest BCUT2D eigenvalue weighted by Gasteiger charge is 2.20. The number of nitrogens with one attached hydrogen (secondary N) is 1. The minimum absolute atomic E-state index is 0.0623. The molecule has 6 nitrogen and oxygen atoms in total. The molecule has 0 aliphatic rings. The van der Waals surface area contributed by atoms with Crippen LogP contribution in [0.4, 0.5) is 11.5 Å². The van der Waals surface area contributed by atoms with Gasteiger partial charge in [-0.25, -0.2) is 4.98 Å². The maximum absolute atomic E-state index is 12.3. The molecule has 0 bridgehead atoms. The molecule has 2 aromatic carbocycles. The van der Waals surface area contributed by atoms with Gasteiger partial charge in [-0.2, -0.15) is 10.5 Å². The topological polar surface area (TPSA) is 116 Å². The molecular weight excluding hydrogens is 454 g/mol. The molecule has 3 aromatic rings. The quantitative estimate of drug-likeness (QED) is 0.422. The van der Waals surface area contributed by atoms with Crippen LogP contribution >= 0.6 is 23.4 Å². The molecule has 0 saturated carbocycles. The Morgan fingerprint density at radius 2 is 1.85 bits per heavy atom. The number of thioether (sulfide) groups is 1. The predicted molar refractivity (Wildman–Crippen MR) is 133 cm³/mol. The van der Waals surface area contributed by atoms with E-state index in [-0.39, 0.29) is 29.3 Å². The molecule has 0 radical (unpaired) electrons. The number of benzene rings is 2. The van der Waals surface area contributed by atoms with Crippen molar-refractivity contribution in [3.8, 4) is 23.3 Å². The van der Waals surface area contributed by atoms with Crippen LogP contribution in [-0.4, -0.2) is 16.6 Å². The van der Waals surface area contributed by atoms with E-state index >= 15 is 0 Å². The molecule has 8 heteroatoms. The average Bonchev–Trinajstić information content (AvgIpc) is 2.81. The minimum Gasteiger partial charge on any atom is -0.383 e. The lowest BCUT2D eigenvalue weighted by atomic mass is 9.96. The zero-order valence-corrected chi connectivity index (χ0v) is 19.8. The van der Waals surface area contributed by atoms with E-state index in [1.807, 2.05) is 37.3 Å². The summed E-state index contributed by atoms with van der Waals surface area (Å²) in [5, 5.41) is 23.3. The van der Waals surface area contributed by atoms with Crippen molar-refractivity contribution in [2.24, 2.45) is 0 Å². The molecule has 1 aromatic heterocycles. The summed E-state index contributed by atoms with van der Waals surface area (Å²) >= 11 is 7.36. The molecule has 0 spiro atoms. The van der Waals surface area contributed by atoms with Gasteiger partial charge in [0.15, 0.2) is 0 Å². The standard InChI is InChI=1S/C25H22ClN5OS/c1-3-16-5-7-17(8-6-16)23-19(13-27)24(29)31-25(20(23)14-28)33-11-10-22(32)30-18-9-4-15(2)21(26)12-18/h4-9,12H,3,10-11H2,1-2H3,(H2,29,31)(H,30,32). The maximum Gasteiger partial charge on any atom is 0.225 e. The number of rotatable bonds is 7. The van der Waals surface area contributed by atoms with Gasteiger partial charge in [-0.1, -0.05) is 48.9 Å². The Kier molecular flexibility index (Phi) is 7.95. The molecule has 0 aliphatic heterocycles. The van der Waals surface area contributed by atoms with Crippen molar-refractivity contribution in [3.63, 3.8) is 0 Å². The summed E-state index contributed by atoms with van der Waals surface area (Å²) in [5.74, 6) is 0.261. The number of carbonyl (C=O) groups excluding carboxylic acids is 1. The number of aromatic nitrogens is 1. The summed E-state index contributed by atoms with van der Waals surface area (Å²) in [6.45, 7) is 3.94. The van der Waals surface area contributed by atoms with Crippen LogP contribution in [0.15, 0.2) is 47.5 Å². The monoisotopic (exact) mass is 475 g/mol. The molecule has 0 unspecified atom stereocenters. The number of amides is 1. The number of halogens is 1. The SMILES string of the molecule is CCc1ccc(-c2c(C#N)c(N)nc(SCCC(=O)Nc3ccc(C)c(Cl)c3)c2C#N)cc1.